The van der Waals surface area contributed by atoms with E-state index < -0.39 is 0 Å². The summed E-state index contributed by atoms with van der Waals surface area (Å²) in [6.45, 7) is 6.79. The first-order valence-corrected chi connectivity index (χ1v) is 4.57. The molecule has 0 bridgehead atoms. The van der Waals surface area contributed by atoms with E-state index in [2.05, 4.69) is 23.9 Å². The quantitative estimate of drug-likeness (QED) is 0.550. The highest BCUT2D eigenvalue weighted by Gasteiger charge is 2.04. The second-order valence-electron chi connectivity index (χ2n) is 3.20. The Morgan fingerprint density at radius 2 is 2.54 bits per heavy atom. The maximum atomic E-state index is 4.12. The highest BCUT2D eigenvalue weighted by molar-refractivity contribution is 5.08. The maximum absolute atomic E-state index is 4.12. The lowest BCUT2D eigenvalue weighted by molar-refractivity contribution is 0.580. The van der Waals surface area contributed by atoms with Gasteiger partial charge in [-0.15, -0.1) is 6.58 Å². The van der Waals surface area contributed by atoms with E-state index in [0.717, 1.165) is 13.0 Å². The van der Waals surface area contributed by atoms with Crippen LogP contribution in [-0.2, 0) is 7.05 Å². The normalized spacial score (nSPS) is 12.8. The molecule has 1 N–H and O–H groups in total. The molecular formula is C10H17N3. The Labute approximate surface area is 79.5 Å². The van der Waals surface area contributed by atoms with E-state index in [4.69, 9.17) is 0 Å². The van der Waals surface area contributed by atoms with E-state index in [1.807, 2.05) is 30.2 Å². The Morgan fingerprint density at radius 1 is 1.77 bits per heavy atom. The van der Waals surface area contributed by atoms with Crippen LogP contribution in [-0.4, -0.2) is 16.3 Å². The predicted octanol–water partition coefficient (Wildman–Crippen LogP) is 1.65. The summed E-state index contributed by atoms with van der Waals surface area (Å²) in [5.41, 5.74) is 1.23. The standard InChI is InChI=1S/C10H17N3/c1-4-5-6-11-9(2)10-7-12-13(3)8-10/h4,7-9,11H,1,5-6H2,2-3H3. The highest BCUT2D eigenvalue weighted by atomic mass is 15.2. The molecule has 0 radical (unpaired) electrons. The lowest BCUT2D eigenvalue weighted by atomic mass is 10.2. The van der Waals surface area contributed by atoms with Crippen molar-refractivity contribution >= 4 is 0 Å². The van der Waals surface area contributed by atoms with Gasteiger partial charge in [0, 0.05) is 24.8 Å². The highest BCUT2D eigenvalue weighted by Crippen LogP contribution is 2.09. The van der Waals surface area contributed by atoms with Gasteiger partial charge in [-0.3, -0.25) is 4.68 Å². The summed E-state index contributed by atoms with van der Waals surface area (Å²) in [4.78, 5) is 0. The van der Waals surface area contributed by atoms with Crippen LogP contribution in [0.5, 0.6) is 0 Å². The van der Waals surface area contributed by atoms with E-state index in [0.29, 0.717) is 6.04 Å². The predicted molar refractivity (Wildman–Crippen MR) is 54.4 cm³/mol. The van der Waals surface area contributed by atoms with Crippen molar-refractivity contribution in [1.29, 1.82) is 0 Å². The number of nitrogens with zero attached hydrogens (tertiary/aromatic N) is 2. The first-order chi connectivity index (χ1) is 6.24. The SMILES string of the molecule is C=CCCNC(C)c1cnn(C)c1. The van der Waals surface area contributed by atoms with Crippen LogP contribution in [0.2, 0.25) is 0 Å². The van der Waals surface area contributed by atoms with Gasteiger partial charge in [-0.1, -0.05) is 6.08 Å². The van der Waals surface area contributed by atoms with Crippen molar-refractivity contribution in [3.8, 4) is 0 Å². The fourth-order valence-corrected chi connectivity index (χ4v) is 1.18. The minimum atomic E-state index is 0.369. The molecule has 1 rings (SSSR count). The molecule has 1 aromatic heterocycles. The molecule has 0 aliphatic rings. The topological polar surface area (TPSA) is 29.9 Å². The molecule has 3 heteroatoms. The van der Waals surface area contributed by atoms with Gasteiger partial charge >= 0.3 is 0 Å². The average Bonchev–Trinajstić information content (AvgIpc) is 2.52. The van der Waals surface area contributed by atoms with E-state index in [-0.39, 0.29) is 0 Å². The third-order valence-electron chi connectivity index (χ3n) is 2.02. The van der Waals surface area contributed by atoms with Crippen LogP contribution in [0.25, 0.3) is 0 Å². The Bertz CT molecular complexity index is 265. The Morgan fingerprint density at radius 3 is 3.08 bits per heavy atom. The molecule has 0 aliphatic heterocycles. The Kier molecular flexibility index (Phi) is 3.71. The summed E-state index contributed by atoms with van der Waals surface area (Å²) >= 11 is 0. The van der Waals surface area contributed by atoms with Crippen molar-refractivity contribution in [3.63, 3.8) is 0 Å². The molecule has 72 valence electrons. The van der Waals surface area contributed by atoms with Crippen molar-refractivity contribution in [2.45, 2.75) is 19.4 Å². The van der Waals surface area contributed by atoms with Gasteiger partial charge in [-0.25, -0.2) is 0 Å². The molecule has 0 spiro atoms. The van der Waals surface area contributed by atoms with Gasteiger partial charge in [0.2, 0.25) is 0 Å². The van der Waals surface area contributed by atoms with Crippen LogP contribution in [0.3, 0.4) is 0 Å². The number of hydrogen-bond acceptors (Lipinski definition) is 2. The zero-order chi connectivity index (χ0) is 9.68. The summed E-state index contributed by atoms with van der Waals surface area (Å²) in [7, 11) is 1.93. The van der Waals surface area contributed by atoms with Gasteiger partial charge < -0.3 is 5.32 Å². The molecule has 13 heavy (non-hydrogen) atoms. The van der Waals surface area contributed by atoms with E-state index in [1.54, 1.807) is 0 Å². The number of rotatable bonds is 5. The number of aromatic nitrogens is 2. The van der Waals surface area contributed by atoms with Gasteiger partial charge in [-0.05, 0) is 19.9 Å². The van der Waals surface area contributed by atoms with E-state index in [1.165, 1.54) is 5.56 Å². The van der Waals surface area contributed by atoms with E-state index in [9.17, 15) is 0 Å². The Balaban J connectivity index is 2.39. The monoisotopic (exact) mass is 179 g/mol. The zero-order valence-electron chi connectivity index (χ0n) is 8.33. The molecule has 0 saturated carbocycles. The van der Waals surface area contributed by atoms with Gasteiger partial charge in [0.05, 0.1) is 6.20 Å². The van der Waals surface area contributed by atoms with Gasteiger partial charge in [0.25, 0.3) is 0 Å². The largest absolute Gasteiger partial charge is 0.310 e. The third-order valence-corrected chi connectivity index (χ3v) is 2.02. The van der Waals surface area contributed by atoms with Gasteiger partial charge in [0.15, 0.2) is 0 Å². The second kappa shape index (κ2) is 4.82. The molecule has 1 heterocycles. The molecule has 0 fully saturated rings. The summed E-state index contributed by atoms with van der Waals surface area (Å²) in [6, 6.07) is 0.369. The minimum Gasteiger partial charge on any atom is -0.310 e. The van der Waals surface area contributed by atoms with Gasteiger partial charge in [0.1, 0.15) is 0 Å². The van der Waals surface area contributed by atoms with Crippen LogP contribution >= 0.6 is 0 Å². The molecule has 0 aliphatic carbocycles. The molecule has 0 amide bonds. The summed E-state index contributed by atoms with van der Waals surface area (Å²) in [5, 5.41) is 7.51. The smallest absolute Gasteiger partial charge is 0.0537 e. The van der Waals surface area contributed by atoms with Crippen LogP contribution in [0.1, 0.15) is 24.9 Å². The molecule has 3 nitrogen and oxygen atoms in total. The lowest BCUT2D eigenvalue weighted by Gasteiger charge is -2.10. The lowest BCUT2D eigenvalue weighted by Crippen LogP contribution is -2.18. The minimum absolute atomic E-state index is 0.369. The van der Waals surface area contributed by atoms with Crippen molar-refractivity contribution in [1.82, 2.24) is 15.1 Å². The number of hydrogen-bond donors (Lipinski definition) is 1. The molecule has 1 atom stereocenters. The second-order valence-corrected chi connectivity index (χ2v) is 3.20. The third kappa shape index (κ3) is 3.03. The fraction of sp³-hybridized carbons (Fsp3) is 0.500. The van der Waals surface area contributed by atoms with Crippen molar-refractivity contribution in [2.24, 2.45) is 7.05 Å². The number of nitrogens with one attached hydrogen (secondary N) is 1. The zero-order valence-corrected chi connectivity index (χ0v) is 8.33. The first-order valence-electron chi connectivity index (χ1n) is 4.57. The van der Waals surface area contributed by atoms with E-state index >= 15 is 0 Å². The molecular weight excluding hydrogens is 162 g/mol. The summed E-state index contributed by atoms with van der Waals surface area (Å²) in [6.07, 6.45) is 6.85. The van der Waals surface area contributed by atoms with Crippen LogP contribution in [0.4, 0.5) is 0 Å². The average molecular weight is 179 g/mol. The molecule has 1 unspecified atom stereocenters. The van der Waals surface area contributed by atoms with Crippen molar-refractivity contribution < 1.29 is 0 Å². The van der Waals surface area contributed by atoms with Crippen LogP contribution < -0.4 is 5.32 Å². The molecule has 0 saturated heterocycles. The summed E-state index contributed by atoms with van der Waals surface area (Å²) in [5.74, 6) is 0. The van der Waals surface area contributed by atoms with Crippen LogP contribution in [0, 0.1) is 0 Å². The number of aryl methyl sites for hydroxylation is 1. The van der Waals surface area contributed by atoms with Crippen LogP contribution in [0.15, 0.2) is 25.0 Å². The first kappa shape index (κ1) is 9.99. The Hall–Kier alpha value is -1.09. The van der Waals surface area contributed by atoms with Gasteiger partial charge in [-0.2, -0.15) is 5.10 Å². The van der Waals surface area contributed by atoms with Crippen molar-refractivity contribution in [3.05, 3.63) is 30.6 Å². The molecule has 0 aromatic carbocycles. The maximum Gasteiger partial charge on any atom is 0.0537 e. The summed E-state index contributed by atoms with van der Waals surface area (Å²) < 4.78 is 1.82. The molecule has 1 aromatic rings. The van der Waals surface area contributed by atoms with Crippen molar-refractivity contribution in [2.75, 3.05) is 6.54 Å². The fourth-order valence-electron chi connectivity index (χ4n) is 1.18.